The molecule has 0 radical (unpaired) electrons. The lowest BCUT2D eigenvalue weighted by molar-refractivity contribution is 0.598. The van der Waals surface area contributed by atoms with Gasteiger partial charge in [0, 0.05) is 29.7 Å². The fraction of sp³-hybridized carbons (Fsp3) is 0.200. The monoisotopic (exact) mass is 410 g/mol. The number of fused-ring (bicyclic) bond motifs is 1. The molecule has 0 aliphatic carbocycles. The summed E-state index contributed by atoms with van der Waals surface area (Å²) in [5.41, 5.74) is 5.05. The van der Waals surface area contributed by atoms with Crippen molar-refractivity contribution in [3.05, 3.63) is 65.4 Å². The highest BCUT2D eigenvalue weighted by atomic mass is 32.2. The Labute approximate surface area is 169 Å². The van der Waals surface area contributed by atoms with Crippen molar-refractivity contribution in [3.63, 3.8) is 0 Å². The van der Waals surface area contributed by atoms with Crippen LogP contribution in [0, 0.1) is 6.92 Å². The minimum Gasteiger partial charge on any atom is -0.340 e. The normalized spacial score (nSPS) is 13.6. The standard InChI is InChI=1S/C20H22N6O2S/c1-13-11-23-20(25-16-3-2-4-18(10-16)29(21,27)28)26-19(13)24-17-6-5-15-12-22-8-7-14(15)9-17/h2-6,9-11,22H,7-8,12H2,1H3,(H2,21,27,28)(H2,23,24,25,26). The maximum Gasteiger partial charge on any atom is 0.238 e. The van der Waals surface area contributed by atoms with E-state index in [2.05, 4.69) is 38.1 Å². The lowest BCUT2D eigenvalue weighted by Gasteiger charge is -2.18. The van der Waals surface area contributed by atoms with Gasteiger partial charge in [-0.05, 0) is 61.3 Å². The summed E-state index contributed by atoms with van der Waals surface area (Å²) in [6.07, 6.45) is 2.71. The summed E-state index contributed by atoms with van der Waals surface area (Å²) in [5, 5.41) is 15.0. The number of aromatic nitrogens is 2. The van der Waals surface area contributed by atoms with Gasteiger partial charge in [0.2, 0.25) is 16.0 Å². The molecule has 5 N–H and O–H groups in total. The van der Waals surface area contributed by atoms with Gasteiger partial charge in [-0.25, -0.2) is 18.5 Å². The van der Waals surface area contributed by atoms with Crippen LogP contribution in [0.5, 0.6) is 0 Å². The lowest BCUT2D eigenvalue weighted by Crippen LogP contribution is -2.23. The van der Waals surface area contributed by atoms with Crippen LogP contribution in [0.3, 0.4) is 0 Å². The largest absolute Gasteiger partial charge is 0.340 e. The molecule has 1 aliphatic heterocycles. The molecule has 0 amide bonds. The minimum atomic E-state index is -3.78. The number of anilines is 4. The van der Waals surface area contributed by atoms with Crippen LogP contribution in [0.2, 0.25) is 0 Å². The van der Waals surface area contributed by atoms with E-state index in [9.17, 15) is 8.42 Å². The minimum absolute atomic E-state index is 0.0245. The lowest BCUT2D eigenvalue weighted by atomic mass is 10.0. The van der Waals surface area contributed by atoms with Crippen molar-refractivity contribution in [3.8, 4) is 0 Å². The van der Waals surface area contributed by atoms with E-state index >= 15 is 0 Å². The molecule has 0 saturated carbocycles. The number of sulfonamides is 1. The smallest absolute Gasteiger partial charge is 0.238 e. The Morgan fingerprint density at radius 1 is 1.07 bits per heavy atom. The first-order chi connectivity index (χ1) is 13.9. The van der Waals surface area contributed by atoms with E-state index in [1.165, 1.54) is 23.3 Å². The number of nitrogens with two attached hydrogens (primary N) is 1. The van der Waals surface area contributed by atoms with Crippen LogP contribution in [-0.2, 0) is 23.0 Å². The summed E-state index contributed by atoms with van der Waals surface area (Å²) < 4.78 is 23.1. The topological polar surface area (TPSA) is 122 Å². The Hall–Kier alpha value is -3.01. The van der Waals surface area contributed by atoms with Gasteiger partial charge >= 0.3 is 0 Å². The third-order valence-electron chi connectivity index (χ3n) is 4.75. The zero-order valence-electron chi connectivity index (χ0n) is 15.9. The Morgan fingerprint density at radius 2 is 1.90 bits per heavy atom. The Kier molecular flexibility index (Phi) is 5.18. The van der Waals surface area contributed by atoms with Crippen molar-refractivity contribution in [2.45, 2.75) is 24.8 Å². The Morgan fingerprint density at radius 3 is 2.72 bits per heavy atom. The van der Waals surface area contributed by atoms with Crippen molar-refractivity contribution < 1.29 is 8.42 Å². The first kappa shape index (κ1) is 19.3. The fourth-order valence-electron chi connectivity index (χ4n) is 3.20. The van der Waals surface area contributed by atoms with Crippen LogP contribution < -0.4 is 21.1 Å². The maximum atomic E-state index is 11.5. The average molecular weight is 411 g/mol. The number of aryl methyl sites for hydroxylation is 1. The second-order valence-corrected chi connectivity index (χ2v) is 8.52. The molecular formula is C20H22N6O2S. The summed E-state index contributed by atoms with van der Waals surface area (Å²) in [4.78, 5) is 8.85. The van der Waals surface area contributed by atoms with Gasteiger partial charge < -0.3 is 16.0 Å². The van der Waals surface area contributed by atoms with Crippen LogP contribution >= 0.6 is 0 Å². The molecule has 1 aliphatic rings. The molecule has 2 heterocycles. The third kappa shape index (κ3) is 4.53. The summed E-state index contributed by atoms with van der Waals surface area (Å²) in [7, 11) is -3.78. The summed E-state index contributed by atoms with van der Waals surface area (Å²) in [6, 6.07) is 12.5. The number of primary sulfonamides is 1. The average Bonchev–Trinajstić information content (AvgIpc) is 2.70. The molecule has 9 heteroatoms. The molecule has 3 aromatic rings. The van der Waals surface area contributed by atoms with Gasteiger partial charge in [0.1, 0.15) is 5.82 Å². The van der Waals surface area contributed by atoms with Crippen molar-refractivity contribution in [1.82, 2.24) is 15.3 Å². The van der Waals surface area contributed by atoms with Gasteiger partial charge in [0.05, 0.1) is 4.90 Å². The fourth-order valence-corrected chi connectivity index (χ4v) is 3.76. The van der Waals surface area contributed by atoms with Crippen LogP contribution in [0.1, 0.15) is 16.7 Å². The van der Waals surface area contributed by atoms with Crippen LogP contribution in [0.4, 0.5) is 23.1 Å². The molecule has 0 bridgehead atoms. The molecule has 2 aromatic carbocycles. The molecule has 0 spiro atoms. The highest BCUT2D eigenvalue weighted by molar-refractivity contribution is 7.89. The molecular weight excluding hydrogens is 388 g/mol. The van der Waals surface area contributed by atoms with Gasteiger partial charge in [0.15, 0.2) is 0 Å². The molecule has 0 saturated heterocycles. The Balaban J connectivity index is 1.57. The van der Waals surface area contributed by atoms with E-state index < -0.39 is 10.0 Å². The van der Waals surface area contributed by atoms with E-state index in [1.54, 1.807) is 18.3 Å². The van der Waals surface area contributed by atoms with Gasteiger partial charge in [-0.2, -0.15) is 4.98 Å². The highest BCUT2D eigenvalue weighted by Gasteiger charge is 2.12. The molecule has 0 atom stereocenters. The van der Waals surface area contributed by atoms with Gasteiger partial charge in [-0.15, -0.1) is 0 Å². The molecule has 29 heavy (non-hydrogen) atoms. The third-order valence-corrected chi connectivity index (χ3v) is 5.66. The SMILES string of the molecule is Cc1cnc(Nc2cccc(S(N)(=O)=O)c2)nc1Nc1ccc2c(c1)CCNC2. The van der Waals surface area contributed by atoms with E-state index in [1.807, 2.05) is 13.0 Å². The van der Waals surface area contributed by atoms with Gasteiger partial charge in [-0.3, -0.25) is 0 Å². The predicted molar refractivity (Wildman–Crippen MR) is 113 cm³/mol. The van der Waals surface area contributed by atoms with Gasteiger partial charge in [-0.1, -0.05) is 12.1 Å². The first-order valence-corrected chi connectivity index (χ1v) is 10.8. The molecule has 0 unspecified atom stereocenters. The van der Waals surface area contributed by atoms with Crippen LogP contribution in [0.25, 0.3) is 0 Å². The zero-order valence-corrected chi connectivity index (χ0v) is 16.8. The summed E-state index contributed by atoms with van der Waals surface area (Å²) in [5.74, 6) is 1.03. The second-order valence-electron chi connectivity index (χ2n) is 6.96. The summed E-state index contributed by atoms with van der Waals surface area (Å²) in [6.45, 7) is 3.80. The van der Waals surface area contributed by atoms with E-state index in [4.69, 9.17) is 5.14 Å². The van der Waals surface area contributed by atoms with Crippen molar-refractivity contribution >= 4 is 33.2 Å². The summed E-state index contributed by atoms with van der Waals surface area (Å²) >= 11 is 0. The number of rotatable bonds is 5. The molecule has 0 fully saturated rings. The molecule has 4 rings (SSSR count). The zero-order chi connectivity index (χ0) is 20.4. The van der Waals surface area contributed by atoms with Gasteiger partial charge in [0.25, 0.3) is 0 Å². The number of nitrogens with zero attached hydrogens (tertiary/aromatic N) is 2. The quantitative estimate of drug-likeness (QED) is 0.510. The number of hydrogen-bond donors (Lipinski definition) is 4. The number of hydrogen-bond acceptors (Lipinski definition) is 7. The van der Waals surface area contributed by atoms with Crippen LogP contribution in [0.15, 0.2) is 53.6 Å². The van der Waals surface area contributed by atoms with Crippen molar-refractivity contribution in [2.75, 3.05) is 17.2 Å². The van der Waals surface area contributed by atoms with Crippen LogP contribution in [-0.4, -0.2) is 24.9 Å². The van der Waals surface area contributed by atoms with Crippen molar-refractivity contribution in [2.24, 2.45) is 5.14 Å². The predicted octanol–water partition coefficient (Wildman–Crippen LogP) is 2.57. The number of nitrogens with one attached hydrogen (secondary N) is 3. The molecule has 8 nitrogen and oxygen atoms in total. The van der Waals surface area contributed by atoms with E-state index in [-0.39, 0.29) is 4.90 Å². The highest BCUT2D eigenvalue weighted by Crippen LogP contribution is 2.24. The number of benzene rings is 2. The Bertz CT molecular complexity index is 1160. The van der Waals surface area contributed by atoms with E-state index in [0.29, 0.717) is 17.5 Å². The molecule has 1 aromatic heterocycles. The van der Waals surface area contributed by atoms with E-state index in [0.717, 1.165) is 30.8 Å². The maximum absolute atomic E-state index is 11.5. The van der Waals surface area contributed by atoms with Crippen molar-refractivity contribution in [1.29, 1.82) is 0 Å². The second kappa shape index (κ2) is 7.78. The molecule has 150 valence electrons. The first-order valence-electron chi connectivity index (χ1n) is 9.21.